The van der Waals surface area contributed by atoms with Gasteiger partial charge in [0.15, 0.2) is 23.2 Å². The van der Waals surface area contributed by atoms with Crippen LogP contribution in [0.25, 0.3) is 11.3 Å². The zero-order valence-electron chi connectivity index (χ0n) is 15.9. The van der Waals surface area contributed by atoms with Crippen LogP contribution in [0, 0.1) is 0 Å². The fraction of sp³-hybridized carbons (Fsp3) is 0.150. The normalized spacial score (nSPS) is 10.4. The lowest BCUT2D eigenvalue weighted by Crippen LogP contribution is -2.21. The summed E-state index contributed by atoms with van der Waals surface area (Å²) in [6.45, 7) is -0.493. The first-order chi connectivity index (χ1) is 14.4. The molecule has 3 rings (SSSR count). The second-order valence-corrected chi connectivity index (χ2v) is 7.56. The van der Waals surface area contributed by atoms with Crippen LogP contribution in [0.3, 0.4) is 0 Å². The first kappa shape index (κ1) is 21.9. The third-order valence-corrected chi connectivity index (χ3v) is 5.23. The summed E-state index contributed by atoms with van der Waals surface area (Å²) in [6, 6.07) is 9.79. The quantitative estimate of drug-likeness (QED) is 0.496. The van der Waals surface area contributed by atoms with Crippen LogP contribution < -0.4 is 14.8 Å². The Hall–Kier alpha value is -2.81. The van der Waals surface area contributed by atoms with Crippen molar-refractivity contribution < 1.29 is 23.8 Å². The summed E-state index contributed by atoms with van der Waals surface area (Å²) in [5.41, 5.74) is 1.53. The van der Waals surface area contributed by atoms with Crippen molar-refractivity contribution in [3.8, 4) is 22.8 Å². The van der Waals surface area contributed by atoms with Crippen molar-refractivity contribution in [3.63, 3.8) is 0 Å². The van der Waals surface area contributed by atoms with E-state index in [1.54, 1.807) is 37.8 Å². The van der Waals surface area contributed by atoms with E-state index in [9.17, 15) is 9.59 Å². The molecule has 1 aromatic heterocycles. The number of hydrogen-bond donors (Lipinski definition) is 1. The second-order valence-electron chi connectivity index (χ2n) is 5.86. The van der Waals surface area contributed by atoms with E-state index in [1.807, 2.05) is 6.07 Å². The Balaban J connectivity index is 1.61. The number of amides is 1. The summed E-state index contributed by atoms with van der Waals surface area (Å²) in [5, 5.41) is 5.26. The summed E-state index contributed by atoms with van der Waals surface area (Å²) in [4.78, 5) is 28.6. The fourth-order valence-electron chi connectivity index (χ4n) is 2.48. The van der Waals surface area contributed by atoms with Gasteiger partial charge in [-0.25, -0.2) is 9.78 Å². The SMILES string of the molecule is COc1ccc(-c2csc(NC(=O)COC(=O)c3cc(Cl)ccc3Cl)n2)cc1OC. The van der Waals surface area contributed by atoms with Crippen molar-refractivity contribution in [2.24, 2.45) is 0 Å². The van der Waals surface area contributed by atoms with Gasteiger partial charge in [-0.05, 0) is 36.4 Å². The van der Waals surface area contributed by atoms with Gasteiger partial charge in [-0.2, -0.15) is 0 Å². The number of rotatable bonds is 7. The molecule has 2 aromatic carbocycles. The molecular formula is C20H16Cl2N2O5S. The zero-order chi connectivity index (χ0) is 21.7. The summed E-state index contributed by atoms with van der Waals surface area (Å²) >= 11 is 13.0. The molecular weight excluding hydrogens is 451 g/mol. The van der Waals surface area contributed by atoms with Gasteiger partial charge in [0.1, 0.15) is 0 Å². The summed E-state index contributed by atoms with van der Waals surface area (Å²) in [7, 11) is 3.10. The minimum Gasteiger partial charge on any atom is -0.493 e. The van der Waals surface area contributed by atoms with E-state index >= 15 is 0 Å². The minimum absolute atomic E-state index is 0.0851. The highest BCUT2D eigenvalue weighted by Gasteiger charge is 2.16. The van der Waals surface area contributed by atoms with Crippen molar-refractivity contribution in [1.82, 2.24) is 4.98 Å². The molecule has 0 aliphatic heterocycles. The van der Waals surface area contributed by atoms with E-state index in [4.69, 9.17) is 37.4 Å². The maximum absolute atomic E-state index is 12.1. The van der Waals surface area contributed by atoms with Gasteiger partial charge >= 0.3 is 5.97 Å². The number of nitrogens with one attached hydrogen (secondary N) is 1. The Labute approximate surface area is 186 Å². The van der Waals surface area contributed by atoms with Gasteiger partial charge < -0.3 is 14.2 Å². The van der Waals surface area contributed by atoms with Crippen molar-refractivity contribution in [2.45, 2.75) is 0 Å². The average molecular weight is 467 g/mol. The van der Waals surface area contributed by atoms with Crippen molar-refractivity contribution >= 4 is 51.5 Å². The summed E-state index contributed by atoms with van der Waals surface area (Å²) < 4.78 is 15.5. The predicted octanol–water partition coefficient (Wildman–Crippen LogP) is 4.93. The third-order valence-electron chi connectivity index (χ3n) is 3.91. The van der Waals surface area contributed by atoms with Gasteiger partial charge in [0.25, 0.3) is 5.91 Å². The molecule has 0 unspecified atom stereocenters. The van der Waals surface area contributed by atoms with Crippen molar-refractivity contribution in [3.05, 3.63) is 57.4 Å². The maximum atomic E-state index is 12.1. The molecule has 10 heteroatoms. The molecule has 0 atom stereocenters. The number of carbonyl (C=O) groups is 2. The van der Waals surface area contributed by atoms with Crippen LogP contribution in [0.1, 0.15) is 10.4 Å². The molecule has 0 bridgehead atoms. The molecule has 0 radical (unpaired) electrons. The number of benzene rings is 2. The second kappa shape index (κ2) is 9.80. The highest BCUT2D eigenvalue weighted by atomic mass is 35.5. The highest BCUT2D eigenvalue weighted by molar-refractivity contribution is 7.14. The summed E-state index contributed by atoms with van der Waals surface area (Å²) in [6.07, 6.45) is 0. The fourth-order valence-corrected chi connectivity index (χ4v) is 3.58. The predicted molar refractivity (Wildman–Crippen MR) is 116 cm³/mol. The average Bonchev–Trinajstić information content (AvgIpc) is 3.21. The van der Waals surface area contributed by atoms with Gasteiger partial charge in [-0.3, -0.25) is 10.1 Å². The molecule has 156 valence electrons. The van der Waals surface area contributed by atoms with Crippen molar-refractivity contribution in [1.29, 1.82) is 0 Å². The van der Waals surface area contributed by atoms with Gasteiger partial charge in [-0.1, -0.05) is 23.2 Å². The van der Waals surface area contributed by atoms with Crippen LogP contribution >= 0.6 is 34.5 Å². The number of aromatic nitrogens is 1. The van der Waals surface area contributed by atoms with Gasteiger partial charge in [0.2, 0.25) is 0 Å². The molecule has 0 saturated heterocycles. The Morgan fingerprint density at radius 2 is 1.83 bits per heavy atom. The topological polar surface area (TPSA) is 86.8 Å². The van der Waals surface area contributed by atoms with E-state index < -0.39 is 18.5 Å². The van der Waals surface area contributed by atoms with Crippen LogP contribution in [0.15, 0.2) is 41.8 Å². The van der Waals surface area contributed by atoms with Crippen LogP contribution in [-0.2, 0) is 9.53 Å². The van der Waals surface area contributed by atoms with E-state index in [0.717, 1.165) is 5.56 Å². The van der Waals surface area contributed by atoms with E-state index in [-0.39, 0.29) is 10.6 Å². The molecule has 1 amide bonds. The first-order valence-corrected chi connectivity index (χ1v) is 10.1. The number of nitrogens with zero attached hydrogens (tertiary/aromatic N) is 1. The van der Waals surface area contributed by atoms with Crippen molar-refractivity contribution in [2.75, 3.05) is 26.1 Å². The smallest absolute Gasteiger partial charge is 0.340 e. The molecule has 30 heavy (non-hydrogen) atoms. The molecule has 1 heterocycles. The third kappa shape index (κ3) is 5.21. The van der Waals surface area contributed by atoms with E-state index in [1.165, 1.54) is 23.5 Å². The minimum atomic E-state index is -0.747. The molecule has 0 aliphatic rings. The lowest BCUT2D eigenvalue weighted by molar-refractivity contribution is -0.119. The van der Waals surface area contributed by atoms with Gasteiger partial charge in [0, 0.05) is 16.0 Å². The molecule has 1 N–H and O–H groups in total. The Morgan fingerprint density at radius 1 is 1.07 bits per heavy atom. The van der Waals surface area contributed by atoms with Crippen LogP contribution in [0.5, 0.6) is 11.5 Å². The largest absolute Gasteiger partial charge is 0.493 e. The number of anilines is 1. The molecule has 0 spiro atoms. The maximum Gasteiger partial charge on any atom is 0.340 e. The number of carbonyl (C=O) groups excluding carboxylic acids is 2. The number of methoxy groups -OCH3 is 2. The molecule has 3 aromatic rings. The molecule has 0 aliphatic carbocycles. The zero-order valence-corrected chi connectivity index (χ0v) is 18.2. The lowest BCUT2D eigenvalue weighted by Gasteiger charge is -2.08. The van der Waals surface area contributed by atoms with Crippen LogP contribution in [0.2, 0.25) is 10.0 Å². The first-order valence-electron chi connectivity index (χ1n) is 8.51. The monoisotopic (exact) mass is 466 g/mol. The molecule has 0 saturated carbocycles. The number of hydrogen-bond acceptors (Lipinski definition) is 7. The number of thiazole rings is 1. The Bertz CT molecular complexity index is 1090. The Morgan fingerprint density at radius 3 is 2.57 bits per heavy atom. The number of esters is 1. The standard InChI is InChI=1S/C20H16Cl2N2O5S/c1-27-16-6-3-11(7-17(16)28-2)15-10-30-20(23-15)24-18(25)9-29-19(26)13-8-12(21)4-5-14(13)22/h3-8,10H,9H2,1-2H3,(H,23,24,25). The molecule has 7 nitrogen and oxygen atoms in total. The van der Waals surface area contributed by atoms with Crippen LogP contribution in [0.4, 0.5) is 5.13 Å². The van der Waals surface area contributed by atoms with E-state index in [0.29, 0.717) is 27.3 Å². The number of halogens is 2. The van der Waals surface area contributed by atoms with Gasteiger partial charge in [0.05, 0.1) is 30.5 Å². The van der Waals surface area contributed by atoms with Gasteiger partial charge in [-0.15, -0.1) is 11.3 Å². The van der Waals surface area contributed by atoms with Crippen LogP contribution in [-0.4, -0.2) is 37.7 Å². The number of ether oxygens (including phenoxy) is 3. The molecule has 0 fully saturated rings. The van der Waals surface area contributed by atoms with E-state index in [2.05, 4.69) is 10.3 Å². The highest BCUT2D eigenvalue weighted by Crippen LogP contribution is 2.33. The Kier molecular flexibility index (Phi) is 7.15. The lowest BCUT2D eigenvalue weighted by atomic mass is 10.1. The summed E-state index contributed by atoms with van der Waals surface area (Å²) in [5.74, 6) is -0.107.